The molecule has 0 N–H and O–H groups in total. The van der Waals surface area contributed by atoms with E-state index in [4.69, 9.17) is 4.74 Å². The number of aryl methyl sites for hydroxylation is 2. The lowest BCUT2D eigenvalue weighted by atomic mass is 10.0. The molecule has 0 saturated carbocycles. The third kappa shape index (κ3) is 3.29. The van der Waals surface area contributed by atoms with E-state index in [0.717, 1.165) is 23.8 Å². The standard InChI is InChI=1S/C15H14F2O/c1-18-15-6-4-11(5-7-15)2-3-12-8-13(16)10-14(17)9-12/h4-10H,2-3H2,1H3. The Hall–Kier alpha value is -1.90. The van der Waals surface area contributed by atoms with E-state index in [-0.39, 0.29) is 0 Å². The predicted octanol–water partition coefficient (Wildman–Crippen LogP) is 3.76. The Bertz CT molecular complexity index is 500. The van der Waals surface area contributed by atoms with E-state index in [2.05, 4.69) is 0 Å². The molecule has 0 unspecified atom stereocenters. The van der Waals surface area contributed by atoms with Crippen molar-refractivity contribution in [2.45, 2.75) is 12.8 Å². The molecular weight excluding hydrogens is 234 g/mol. The molecular formula is C15H14F2O. The topological polar surface area (TPSA) is 9.23 Å². The fourth-order valence-electron chi connectivity index (χ4n) is 1.84. The number of hydrogen-bond donors (Lipinski definition) is 0. The molecule has 0 aliphatic carbocycles. The Balaban J connectivity index is 2.01. The van der Waals surface area contributed by atoms with Crippen molar-refractivity contribution in [1.82, 2.24) is 0 Å². The molecule has 0 amide bonds. The number of methoxy groups -OCH3 is 1. The van der Waals surface area contributed by atoms with Crippen LogP contribution in [0.25, 0.3) is 0 Å². The molecule has 0 aromatic heterocycles. The molecule has 0 atom stereocenters. The highest BCUT2D eigenvalue weighted by atomic mass is 19.1. The van der Waals surface area contributed by atoms with E-state index in [1.165, 1.54) is 12.1 Å². The van der Waals surface area contributed by atoms with E-state index < -0.39 is 11.6 Å². The molecule has 1 nitrogen and oxygen atoms in total. The lowest BCUT2D eigenvalue weighted by molar-refractivity contribution is 0.414. The lowest BCUT2D eigenvalue weighted by Gasteiger charge is -2.04. The minimum Gasteiger partial charge on any atom is -0.497 e. The number of benzene rings is 2. The first-order valence-corrected chi connectivity index (χ1v) is 5.75. The van der Waals surface area contributed by atoms with Gasteiger partial charge in [-0.15, -0.1) is 0 Å². The first-order chi connectivity index (χ1) is 8.67. The highest BCUT2D eigenvalue weighted by Gasteiger charge is 2.01. The molecule has 2 aromatic carbocycles. The number of halogens is 2. The molecule has 0 aliphatic rings. The summed E-state index contributed by atoms with van der Waals surface area (Å²) in [6.45, 7) is 0. The molecule has 0 fully saturated rings. The van der Waals surface area contributed by atoms with Crippen LogP contribution >= 0.6 is 0 Å². The van der Waals surface area contributed by atoms with Crippen molar-refractivity contribution in [3.05, 3.63) is 65.2 Å². The molecule has 0 spiro atoms. The zero-order valence-corrected chi connectivity index (χ0v) is 10.1. The summed E-state index contributed by atoms with van der Waals surface area (Å²) in [4.78, 5) is 0. The van der Waals surface area contributed by atoms with Crippen molar-refractivity contribution in [2.75, 3.05) is 7.11 Å². The van der Waals surface area contributed by atoms with Gasteiger partial charge in [-0.3, -0.25) is 0 Å². The lowest BCUT2D eigenvalue weighted by Crippen LogP contribution is -1.94. The number of rotatable bonds is 4. The number of hydrogen-bond acceptors (Lipinski definition) is 1. The van der Waals surface area contributed by atoms with Crippen LogP contribution in [0.2, 0.25) is 0 Å². The van der Waals surface area contributed by atoms with Crippen molar-refractivity contribution >= 4 is 0 Å². The molecule has 0 heterocycles. The summed E-state index contributed by atoms with van der Waals surface area (Å²) in [6, 6.07) is 11.3. The molecule has 0 bridgehead atoms. The van der Waals surface area contributed by atoms with Crippen LogP contribution in [0.1, 0.15) is 11.1 Å². The maximum Gasteiger partial charge on any atom is 0.126 e. The van der Waals surface area contributed by atoms with E-state index in [1.807, 2.05) is 24.3 Å². The van der Waals surface area contributed by atoms with E-state index in [0.29, 0.717) is 12.0 Å². The van der Waals surface area contributed by atoms with Crippen molar-refractivity contribution in [3.63, 3.8) is 0 Å². The quantitative estimate of drug-likeness (QED) is 0.800. The zero-order valence-electron chi connectivity index (χ0n) is 10.1. The molecule has 18 heavy (non-hydrogen) atoms. The maximum atomic E-state index is 13.0. The fourth-order valence-corrected chi connectivity index (χ4v) is 1.84. The summed E-state index contributed by atoms with van der Waals surface area (Å²) < 4.78 is 31.1. The second-order valence-corrected chi connectivity index (χ2v) is 4.13. The van der Waals surface area contributed by atoms with Crippen LogP contribution in [0.4, 0.5) is 8.78 Å². The van der Waals surface area contributed by atoms with Crippen molar-refractivity contribution in [2.24, 2.45) is 0 Å². The Morgan fingerprint density at radius 2 is 1.39 bits per heavy atom. The molecule has 0 saturated heterocycles. The fraction of sp³-hybridized carbons (Fsp3) is 0.200. The van der Waals surface area contributed by atoms with Crippen molar-refractivity contribution < 1.29 is 13.5 Å². The van der Waals surface area contributed by atoms with Crippen LogP contribution in [0.3, 0.4) is 0 Å². The van der Waals surface area contributed by atoms with E-state index in [9.17, 15) is 8.78 Å². The summed E-state index contributed by atoms with van der Waals surface area (Å²) in [5, 5.41) is 0. The molecule has 2 aromatic rings. The van der Waals surface area contributed by atoms with Gasteiger partial charge < -0.3 is 4.74 Å². The summed E-state index contributed by atoms with van der Waals surface area (Å²) in [5.74, 6) is -0.255. The smallest absolute Gasteiger partial charge is 0.126 e. The highest BCUT2D eigenvalue weighted by Crippen LogP contribution is 2.14. The third-order valence-electron chi connectivity index (χ3n) is 2.78. The van der Waals surface area contributed by atoms with Crippen LogP contribution in [-0.2, 0) is 12.8 Å². The van der Waals surface area contributed by atoms with Crippen LogP contribution in [0.15, 0.2) is 42.5 Å². The van der Waals surface area contributed by atoms with Crippen LogP contribution < -0.4 is 4.74 Å². The van der Waals surface area contributed by atoms with Gasteiger partial charge in [-0.1, -0.05) is 12.1 Å². The molecule has 0 aliphatic heterocycles. The minimum absolute atomic E-state index is 0.528. The van der Waals surface area contributed by atoms with Crippen LogP contribution in [0.5, 0.6) is 5.75 Å². The van der Waals surface area contributed by atoms with Gasteiger partial charge in [0.25, 0.3) is 0 Å². The molecule has 94 valence electrons. The first-order valence-electron chi connectivity index (χ1n) is 5.75. The average Bonchev–Trinajstić information content (AvgIpc) is 2.36. The Kier molecular flexibility index (Phi) is 3.92. The Morgan fingerprint density at radius 3 is 1.94 bits per heavy atom. The van der Waals surface area contributed by atoms with Gasteiger partial charge in [0.1, 0.15) is 17.4 Å². The second kappa shape index (κ2) is 5.63. The van der Waals surface area contributed by atoms with Gasteiger partial charge in [0.15, 0.2) is 0 Å². The summed E-state index contributed by atoms with van der Waals surface area (Å²) >= 11 is 0. The Morgan fingerprint density at radius 1 is 0.833 bits per heavy atom. The van der Waals surface area contributed by atoms with E-state index in [1.54, 1.807) is 7.11 Å². The summed E-state index contributed by atoms with van der Waals surface area (Å²) in [6.07, 6.45) is 1.36. The second-order valence-electron chi connectivity index (χ2n) is 4.13. The predicted molar refractivity (Wildman–Crippen MR) is 66.8 cm³/mol. The van der Waals surface area contributed by atoms with Gasteiger partial charge in [-0.05, 0) is 48.2 Å². The summed E-state index contributed by atoms with van der Waals surface area (Å²) in [7, 11) is 1.62. The average molecular weight is 248 g/mol. The highest BCUT2D eigenvalue weighted by molar-refractivity contribution is 5.28. The van der Waals surface area contributed by atoms with Gasteiger partial charge in [-0.25, -0.2) is 8.78 Å². The minimum atomic E-state index is -0.528. The van der Waals surface area contributed by atoms with Crippen LogP contribution in [-0.4, -0.2) is 7.11 Å². The first kappa shape index (κ1) is 12.6. The summed E-state index contributed by atoms with van der Waals surface area (Å²) in [5.41, 5.74) is 1.78. The molecule has 2 rings (SSSR count). The largest absolute Gasteiger partial charge is 0.497 e. The third-order valence-corrected chi connectivity index (χ3v) is 2.78. The van der Waals surface area contributed by atoms with Gasteiger partial charge in [0, 0.05) is 6.07 Å². The van der Waals surface area contributed by atoms with Crippen molar-refractivity contribution in [3.8, 4) is 5.75 Å². The van der Waals surface area contributed by atoms with E-state index >= 15 is 0 Å². The van der Waals surface area contributed by atoms with Crippen molar-refractivity contribution in [1.29, 1.82) is 0 Å². The zero-order chi connectivity index (χ0) is 13.0. The Labute approximate surface area is 105 Å². The van der Waals surface area contributed by atoms with Gasteiger partial charge in [0.05, 0.1) is 7.11 Å². The SMILES string of the molecule is COc1ccc(CCc2cc(F)cc(F)c2)cc1. The van der Waals surface area contributed by atoms with Gasteiger partial charge in [0.2, 0.25) is 0 Å². The normalized spacial score (nSPS) is 10.4. The molecule has 0 radical (unpaired) electrons. The van der Waals surface area contributed by atoms with Crippen LogP contribution in [0, 0.1) is 11.6 Å². The maximum absolute atomic E-state index is 13.0. The number of ether oxygens (including phenoxy) is 1. The molecule has 3 heteroatoms. The monoisotopic (exact) mass is 248 g/mol. The van der Waals surface area contributed by atoms with Gasteiger partial charge in [-0.2, -0.15) is 0 Å². The van der Waals surface area contributed by atoms with Gasteiger partial charge >= 0.3 is 0 Å².